The molecule has 0 aromatic rings. The first-order valence-electron chi connectivity index (χ1n) is 27.7. The third kappa shape index (κ3) is 53.2. The highest BCUT2D eigenvalue weighted by molar-refractivity contribution is 5.71. The Morgan fingerprint density at radius 2 is 0.582 bits per heavy atom. The predicted molar refractivity (Wildman–Crippen MR) is 288 cm³/mol. The van der Waals surface area contributed by atoms with Crippen molar-refractivity contribution in [1.82, 2.24) is 0 Å². The van der Waals surface area contributed by atoms with Gasteiger partial charge in [-0.15, -0.1) is 0 Å². The lowest BCUT2D eigenvalue weighted by Crippen LogP contribution is -2.30. The molecule has 0 saturated heterocycles. The highest BCUT2D eigenvalue weighted by Crippen LogP contribution is 2.14. The summed E-state index contributed by atoms with van der Waals surface area (Å²) in [4.78, 5) is 38.1. The van der Waals surface area contributed by atoms with E-state index in [0.717, 1.165) is 128 Å². The Kier molecular flexibility index (Phi) is 51.9. The number of carbonyl (C=O) groups excluding carboxylic acids is 3. The van der Waals surface area contributed by atoms with Crippen LogP contribution in [0, 0.1) is 0 Å². The second kappa shape index (κ2) is 54.9. The quantitative estimate of drug-likeness (QED) is 0.0262. The van der Waals surface area contributed by atoms with Gasteiger partial charge in [0.25, 0.3) is 0 Å². The molecule has 0 aliphatic carbocycles. The van der Waals surface area contributed by atoms with E-state index in [-0.39, 0.29) is 31.1 Å². The van der Waals surface area contributed by atoms with Gasteiger partial charge in [-0.05, 0) is 116 Å². The molecular formula is C61H102O6. The van der Waals surface area contributed by atoms with Crippen LogP contribution in [0.4, 0.5) is 0 Å². The van der Waals surface area contributed by atoms with Gasteiger partial charge in [0.2, 0.25) is 0 Å². The van der Waals surface area contributed by atoms with E-state index in [1.54, 1.807) is 0 Å². The van der Waals surface area contributed by atoms with Crippen molar-refractivity contribution in [3.8, 4) is 0 Å². The fourth-order valence-corrected chi connectivity index (χ4v) is 7.44. The summed E-state index contributed by atoms with van der Waals surface area (Å²) in [6, 6.07) is 0. The van der Waals surface area contributed by atoms with E-state index < -0.39 is 6.10 Å². The summed E-state index contributed by atoms with van der Waals surface area (Å²) in [5.41, 5.74) is 0. The van der Waals surface area contributed by atoms with Crippen LogP contribution < -0.4 is 0 Å². The standard InChI is InChI=1S/C61H102O6/c1-4-7-10-13-16-19-22-25-27-29-31-33-34-36-39-42-45-48-51-54-60(63)66-57-58(56-65-59(62)53-50-47-44-41-38-24-21-18-15-12-9-6-3)67-61(64)55-52-49-46-43-40-37-35-32-30-28-26-23-20-17-14-11-8-5-2/h7,9-10,12,16,18-19,21,25,27,31-33,35,38,41,58H,4-6,8,11,13-15,17,20,22-24,26,28-30,34,36-37,39-40,42-57H2,1-3H3/b10-7-,12-9-,19-16-,21-18-,27-25-,33-31-,35-32-,41-38-. The van der Waals surface area contributed by atoms with Gasteiger partial charge in [-0.3, -0.25) is 14.4 Å². The topological polar surface area (TPSA) is 78.9 Å². The van der Waals surface area contributed by atoms with Gasteiger partial charge in [0, 0.05) is 19.3 Å². The van der Waals surface area contributed by atoms with Gasteiger partial charge < -0.3 is 14.2 Å². The fraction of sp³-hybridized carbons (Fsp3) is 0.689. The zero-order valence-electron chi connectivity index (χ0n) is 43.6. The Labute approximate surface area is 413 Å². The molecule has 0 bridgehead atoms. The summed E-state index contributed by atoms with van der Waals surface area (Å²) in [6.45, 7) is 6.36. The molecule has 0 radical (unpaired) electrons. The average molecular weight is 931 g/mol. The maximum atomic E-state index is 12.8. The Balaban J connectivity index is 4.43. The molecule has 6 heteroatoms. The number of esters is 3. The van der Waals surface area contributed by atoms with E-state index in [0.29, 0.717) is 19.3 Å². The maximum Gasteiger partial charge on any atom is 0.306 e. The maximum absolute atomic E-state index is 12.8. The molecule has 0 N–H and O–H groups in total. The predicted octanol–water partition coefficient (Wildman–Crippen LogP) is 18.5. The van der Waals surface area contributed by atoms with Crippen molar-refractivity contribution >= 4 is 17.9 Å². The summed E-state index contributed by atoms with van der Waals surface area (Å²) >= 11 is 0. The minimum Gasteiger partial charge on any atom is -0.462 e. The zero-order chi connectivity index (χ0) is 48.6. The lowest BCUT2D eigenvalue weighted by molar-refractivity contribution is -0.167. The largest absolute Gasteiger partial charge is 0.462 e. The van der Waals surface area contributed by atoms with Crippen LogP contribution in [-0.4, -0.2) is 37.2 Å². The highest BCUT2D eigenvalue weighted by atomic mass is 16.6. The molecule has 1 unspecified atom stereocenters. The van der Waals surface area contributed by atoms with Gasteiger partial charge in [-0.2, -0.15) is 0 Å². The molecule has 0 aromatic carbocycles. The second-order valence-corrected chi connectivity index (χ2v) is 18.1. The Morgan fingerprint density at radius 3 is 0.955 bits per heavy atom. The molecule has 0 amide bonds. The number of hydrogen-bond donors (Lipinski definition) is 0. The molecule has 0 aliphatic heterocycles. The van der Waals surface area contributed by atoms with Crippen molar-refractivity contribution in [2.75, 3.05) is 13.2 Å². The second-order valence-electron chi connectivity index (χ2n) is 18.1. The normalized spacial score (nSPS) is 12.8. The van der Waals surface area contributed by atoms with Crippen molar-refractivity contribution in [3.63, 3.8) is 0 Å². The number of rotatable bonds is 49. The van der Waals surface area contributed by atoms with Crippen molar-refractivity contribution < 1.29 is 28.6 Å². The minimum absolute atomic E-state index is 0.101. The Hall–Kier alpha value is -3.67. The average Bonchev–Trinajstić information content (AvgIpc) is 3.33. The van der Waals surface area contributed by atoms with Crippen LogP contribution in [0.15, 0.2) is 97.2 Å². The van der Waals surface area contributed by atoms with Gasteiger partial charge in [0.1, 0.15) is 13.2 Å². The van der Waals surface area contributed by atoms with Gasteiger partial charge in [0.05, 0.1) is 0 Å². The van der Waals surface area contributed by atoms with Crippen molar-refractivity contribution in [3.05, 3.63) is 97.2 Å². The van der Waals surface area contributed by atoms with E-state index in [9.17, 15) is 14.4 Å². The minimum atomic E-state index is -0.804. The molecule has 0 aromatic heterocycles. The summed E-state index contributed by atoms with van der Waals surface area (Å²) < 4.78 is 16.8. The molecule has 6 nitrogen and oxygen atoms in total. The van der Waals surface area contributed by atoms with Crippen molar-refractivity contribution in [2.45, 2.75) is 258 Å². The van der Waals surface area contributed by atoms with Crippen LogP contribution in [0.3, 0.4) is 0 Å². The van der Waals surface area contributed by atoms with Crippen LogP contribution in [0.25, 0.3) is 0 Å². The van der Waals surface area contributed by atoms with Crippen molar-refractivity contribution in [2.24, 2.45) is 0 Å². The van der Waals surface area contributed by atoms with E-state index in [1.165, 1.54) is 83.5 Å². The Bertz CT molecular complexity index is 1350. The number of carbonyl (C=O) groups is 3. The van der Waals surface area contributed by atoms with Crippen molar-refractivity contribution in [1.29, 1.82) is 0 Å². The SMILES string of the molecule is CC/C=C\C/C=C\C/C=C\C/C=C\CCCCCCCCC(=O)OCC(COC(=O)CCCC/C=C\C/C=C\C/C=C\CC)OC(=O)CCCCCCC/C=C\CCCCCCCCCCC. The molecule has 0 heterocycles. The number of allylic oxidation sites excluding steroid dienone is 16. The van der Waals surface area contributed by atoms with E-state index >= 15 is 0 Å². The first kappa shape index (κ1) is 63.3. The number of ether oxygens (including phenoxy) is 3. The molecular weight excluding hydrogens is 829 g/mol. The van der Waals surface area contributed by atoms with Crippen LogP contribution in [0.1, 0.15) is 252 Å². The fourth-order valence-electron chi connectivity index (χ4n) is 7.44. The van der Waals surface area contributed by atoms with E-state index in [1.807, 2.05) is 0 Å². The molecule has 1 atom stereocenters. The van der Waals surface area contributed by atoms with E-state index in [2.05, 4.69) is 118 Å². The summed E-state index contributed by atoms with van der Waals surface area (Å²) in [5.74, 6) is -0.962. The third-order valence-electron chi connectivity index (χ3n) is 11.6. The lowest BCUT2D eigenvalue weighted by atomic mass is 10.1. The van der Waals surface area contributed by atoms with Crippen LogP contribution >= 0.6 is 0 Å². The van der Waals surface area contributed by atoms with Gasteiger partial charge in [-0.25, -0.2) is 0 Å². The summed E-state index contributed by atoms with van der Waals surface area (Å²) in [6.07, 6.45) is 72.6. The molecule has 0 aliphatic rings. The van der Waals surface area contributed by atoms with E-state index in [4.69, 9.17) is 14.2 Å². The number of unbranched alkanes of at least 4 members (excludes halogenated alkanes) is 22. The highest BCUT2D eigenvalue weighted by Gasteiger charge is 2.19. The third-order valence-corrected chi connectivity index (χ3v) is 11.6. The molecule has 0 spiro atoms. The van der Waals surface area contributed by atoms with Crippen LogP contribution in [-0.2, 0) is 28.6 Å². The van der Waals surface area contributed by atoms with Crippen LogP contribution in [0.2, 0.25) is 0 Å². The molecule has 0 rings (SSSR count). The van der Waals surface area contributed by atoms with Gasteiger partial charge >= 0.3 is 17.9 Å². The molecule has 67 heavy (non-hydrogen) atoms. The molecule has 0 saturated carbocycles. The summed E-state index contributed by atoms with van der Waals surface area (Å²) in [5, 5.41) is 0. The van der Waals surface area contributed by atoms with Gasteiger partial charge in [0.15, 0.2) is 6.10 Å². The first-order valence-corrected chi connectivity index (χ1v) is 27.7. The number of hydrogen-bond acceptors (Lipinski definition) is 6. The van der Waals surface area contributed by atoms with Crippen LogP contribution in [0.5, 0.6) is 0 Å². The summed E-state index contributed by atoms with van der Waals surface area (Å²) in [7, 11) is 0. The smallest absolute Gasteiger partial charge is 0.306 e. The zero-order valence-corrected chi connectivity index (χ0v) is 43.6. The van der Waals surface area contributed by atoms with Gasteiger partial charge in [-0.1, -0.05) is 214 Å². The molecule has 382 valence electrons. The monoisotopic (exact) mass is 931 g/mol. The Morgan fingerprint density at radius 1 is 0.313 bits per heavy atom. The lowest BCUT2D eigenvalue weighted by Gasteiger charge is -2.18. The first-order chi connectivity index (χ1) is 33.0. The molecule has 0 fully saturated rings.